The Kier molecular flexibility index (Phi) is 3.46. The van der Waals surface area contributed by atoms with Crippen molar-refractivity contribution in [2.75, 3.05) is 19.6 Å². The van der Waals surface area contributed by atoms with Crippen molar-refractivity contribution in [3.05, 3.63) is 30.2 Å². The molecule has 1 atom stereocenters. The summed E-state index contributed by atoms with van der Waals surface area (Å²) < 4.78 is 1.95. The Morgan fingerprint density at radius 1 is 1.42 bits per heavy atom. The molecule has 0 spiro atoms. The van der Waals surface area contributed by atoms with Crippen LogP contribution in [0.25, 0.3) is 5.65 Å². The molecule has 0 bridgehead atoms. The van der Waals surface area contributed by atoms with Gasteiger partial charge in [0.05, 0.1) is 12.1 Å². The highest BCUT2D eigenvalue weighted by Crippen LogP contribution is 2.14. The Bertz CT molecular complexity index is 547. The number of pyridine rings is 1. The van der Waals surface area contributed by atoms with Crippen LogP contribution in [0.2, 0.25) is 0 Å². The minimum atomic E-state index is -0.640. The molecule has 0 amide bonds. The van der Waals surface area contributed by atoms with E-state index in [4.69, 9.17) is 0 Å². The second kappa shape index (κ2) is 5.24. The lowest BCUT2D eigenvalue weighted by atomic mass is 9.94. The highest BCUT2D eigenvalue weighted by atomic mass is 16.3. The van der Waals surface area contributed by atoms with Gasteiger partial charge in [-0.1, -0.05) is 6.07 Å². The average Bonchev–Trinajstić information content (AvgIpc) is 2.83. The first-order valence-electron chi connectivity index (χ1n) is 6.69. The maximum atomic E-state index is 10.3. The molecule has 3 rings (SSSR count). The number of piperidine rings is 1. The zero-order valence-electron chi connectivity index (χ0n) is 10.8. The molecule has 0 aliphatic carbocycles. The third-order valence-electron chi connectivity index (χ3n) is 3.57. The third kappa shape index (κ3) is 2.75. The van der Waals surface area contributed by atoms with E-state index >= 15 is 0 Å². The summed E-state index contributed by atoms with van der Waals surface area (Å²) in [7, 11) is 0. The summed E-state index contributed by atoms with van der Waals surface area (Å²) in [5.41, 5.74) is 0.205. The summed E-state index contributed by atoms with van der Waals surface area (Å²) in [5, 5.41) is 25.1. The first-order valence-corrected chi connectivity index (χ1v) is 6.69. The van der Waals surface area contributed by atoms with Crippen molar-refractivity contribution >= 4 is 5.65 Å². The maximum Gasteiger partial charge on any atom is 0.160 e. The highest BCUT2D eigenvalue weighted by Gasteiger charge is 2.28. The van der Waals surface area contributed by atoms with E-state index in [1.165, 1.54) is 0 Å². The number of hydrogen-bond acceptors (Lipinski definition) is 5. The lowest BCUT2D eigenvalue weighted by Crippen LogP contribution is -2.51. The van der Waals surface area contributed by atoms with Crippen LogP contribution in [-0.4, -0.2) is 44.9 Å². The number of hydrogen-bond donors (Lipinski definition) is 3. The Labute approximate surface area is 111 Å². The van der Waals surface area contributed by atoms with E-state index in [9.17, 15) is 5.11 Å². The summed E-state index contributed by atoms with van der Waals surface area (Å²) in [6.07, 6.45) is 3.81. The van der Waals surface area contributed by atoms with E-state index in [1.807, 2.05) is 28.8 Å². The van der Waals surface area contributed by atoms with Crippen molar-refractivity contribution in [1.29, 1.82) is 0 Å². The van der Waals surface area contributed by atoms with Gasteiger partial charge in [0.2, 0.25) is 0 Å². The van der Waals surface area contributed by atoms with Crippen molar-refractivity contribution in [3.63, 3.8) is 0 Å². The van der Waals surface area contributed by atoms with Gasteiger partial charge in [-0.15, -0.1) is 10.2 Å². The van der Waals surface area contributed by atoms with Crippen LogP contribution < -0.4 is 10.6 Å². The minimum absolute atomic E-state index is 0.571. The van der Waals surface area contributed by atoms with Gasteiger partial charge in [-0.3, -0.25) is 4.40 Å². The summed E-state index contributed by atoms with van der Waals surface area (Å²) in [5.74, 6) is 0.864. The third-order valence-corrected chi connectivity index (χ3v) is 3.57. The fraction of sp³-hybridized carbons (Fsp3) is 0.538. The predicted octanol–water partition coefficient (Wildman–Crippen LogP) is -0.0666. The highest BCUT2D eigenvalue weighted by molar-refractivity contribution is 5.36. The van der Waals surface area contributed by atoms with Crippen molar-refractivity contribution in [2.24, 2.45) is 0 Å². The number of aliphatic hydroxyl groups is 1. The van der Waals surface area contributed by atoms with E-state index in [1.54, 1.807) is 0 Å². The van der Waals surface area contributed by atoms with Gasteiger partial charge in [-0.2, -0.15) is 0 Å². The van der Waals surface area contributed by atoms with Gasteiger partial charge in [0.15, 0.2) is 11.5 Å². The standard InChI is InChI=1S/C13H19N5O/c19-13(5-3-6-14-9-13)10-15-8-12-17-16-11-4-1-2-7-18(11)12/h1-2,4,7,14-15,19H,3,5-6,8-10H2/t13-/m0/s1. The molecule has 19 heavy (non-hydrogen) atoms. The van der Waals surface area contributed by atoms with Crippen LogP contribution in [0.1, 0.15) is 18.7 Å². The lowest BCUT2D eigenvalue weighted by molar-refractivity contribution is 0.0167. The normalized spacial score (nSPS) is 23.8. The van der Waals surface area contributed by atoms with Crippen molar-refractivity contribution < 1.29 is 5.11 Å². The quantitative estimate of drug-likeness (QED) is 0.718. The van der Waals surface area contributed by atoms with Gasteiger partial charge in [0.25, 0.3) is 0 Å². The molecule has 1 aliphatic rings. The number of aromatic nitrogens is 3. The molecule has 0 aromatic carbocycles. The molecule has 3 heterocycles. The van der Waals surface area contributed by atoms with E-state index in [0.717, 1.165) is 30.9 Å². The number of β-amino-alcohol motifs (C(OH)–C–C–N with tert-alkyl or cyclic N) is 1. The van der Waals surface area contributed by atoms with Gasteiger partial charge in [0.1, 0.15) is 0 Å². The summed E-state index contributed by atoms with van der Waals surface area (Å²) in [4.78, 5) is 0. The predicted molar refractivity (Wildman–Crippen MR) is 71.7 cm³/mol. The van der Waals surface area contributed by atoms with Crippen LogP contribution in [0.15, 0.2) is 24.4 Å². The van der Waals surface area contributed by atoms with Crippen LogP contribution >= 0.6 is 0 Å². The van der Waals surface area contributed by atoms with Gasteiger partial charge < -0.3 is 15.7 Å². The number of nitrogens with one attached hydrogen (secondary N) is 2. The molecule has 102 valence electrons. The molecule has 1 aliphatic heterocycles. The smallest absolute Gasteiger partial charge is 0.160 e. The van der Waals surface area contributed by atoms with Gasteiger partial charge in [-0.05, 0) is 31.5 Å². The van der Waals surface area contributed by atoms with Gasteiger partial charge >= 0.3 is 0 Å². The molecular weight excluding hydrogens is 242 g/mol. The second-order valence-corrected chi connectivity index (χ2v) is 5.15. The van der Waals surface area contributed by atoms with Crippen LogP contribution in [0.4, 0.5) is 0 Å². The first-order chi connectivity index (χ1) is 9.27. The van der Waals surface area contributed by atoms with Crippen LogP contribution in [0.3, 0.4) is 0 Å². The largest absolute Gasteiger partial charge is 0.387 e. The van der Waals surface area contributed by atoms with E-state index in [-0.39, 0.29) is 0 Å². The van der Waals surface area contributed by atoms with Crippen molar-refractivity contribution in [2.45, 2.75) is 25.0 Å². The Morgan fingerprint density at radius 2 is 2.37 bits per heavy atom. The van der Waals surface area contributed by atoms with Crippen molar-refractivity contribution in [3.8, 4) is 0 Å². The average molecular weight is 261 g/mol. The molecule has 0 radical (unpaired) electrons. The maximum absolute atomic E-state index is 10.3. The molecule has 0 unspecified atom stereocenters. The van der Waals surface area contributed by atoms with Gasteiger partial charge in [-0.25, -0.2) is 0 Å². The zero-order chi connectivity index (χ0) is 13.1. The number of fused-ring (bicyclic) bond motifs is 1. The van der Waals surface area contributed by atoms with Crippen LogP contribution in [0, 0.1) is 0 Å². The SMILES string of the molecule is O[C@@]1(CNCc2nnc3ccccn23)CCCNC1. The fourth-order valence-electron chi connectivity index (χ4n) is 2.52. The Hall–Kier alpha value is -1.50. The van der Waals surface area contributed by atoms with Crippen LogP contribution in [-0.2, 0) is 6.54 Å². The molecule has 6 nitrogen and oxygen atoms in total. The zero-order valence-corrected chi connectivity index (χ0v) is 10.8. The second-order valence-electron chi connectivity index (χ2n) is 5.15. The molecule has 1 fully saturated rings. The lowest BCUT2D eigenvalue weighted by Gasteiger charge is -2.32. The molecule has 1 saturated heterocycles. The first kappa shape index (κ1) is 12.5. The monoisotopic (exact) mass is 261 g/mol. The van der Waals surface area contributed by atoms with Crippen molar-refractivity contribution in [1.82, 2.24) is 25.2 Å². The molecule has 2 aromatic heterocycles. The minimum Gasteiger partial charge on any atom is -0.387 e. The topological polar surface area (TPSA) is 74.5 Å². The molecule has 3 N–H and O–H groups in total. The molecule has 2 aromatic rings. The molecule has 6 heteroatoms. The Morgan fingerprint density at radius 3 is 3.21 bits per heavy atom. The van der Waals surface area contributed by atoms with E-state index in [0.29, 0.717) is 19.6 Å². The van der Waals surface area contributed by atoms with E-state index in [2.05, 4.69) is 20.8 Å². The summed E-state index contributed by atoms with van der Waals surface area (Å²) >= 11 is 0. The fourth-order valence-corrected chi connectivity index (χ4v) is 2.52. The van der Waals surface area contributed by atoms with E-state index < -0.39 is 5.60 Å². The van der Waals surface area contributed by atoms with Crippen LogP contribution in [0.5, 0.6) is 0 Å². The molecular formula is C13H19N5O. The number of nitrogens with zero attached hydrogens (tertiary/aromatic N) is 3. The summed E-state index contributed by atoms with van der Waals surface area (Å²) in [6, 6.07) is 5.82. The summed E-state index contributed by atoms with van der Waals surface area (Å²) in [6.45, 7) is 2.83. The number of rotatable bonds is 4. The Balaban J connectivity index is 1.60. The molecule has 0 saturated carbocycles. The van der Waals surface area contributed by atoms with Gasteiger partial charge in [0, 0.05) is 19.3 Å².